The zero-order valence-corrected chi connectivity index (χ0v) is 14.9. The summed E-state index contributed by atoms with van der Waals surface area (Å²) >= 11 is 6.12. The summed E-state index contributed by atoms with van der Waals surface area (Å²) < 4.78 is 5.18. The van der Waals surface area contributed by atoms with E-state index in [1.54, 1.807) is 43.5 Å². The number of benzene rings is 2. The molecule has 0 aliphatic rings. The quantitative estimate of drug-likeness (QED) is 0.737. The predicted octanol–water partition coefficient (Wildman–Crippen LogP) is 3.51. The molecule has 1 aromatic heterocycles. The minimum Gasteiger partial charge on any atom is -0.497 e. The molecule has 0 saturated heterocycles. The third-order valence-electron chi connectivity index (χ3n) is 3.83. The first kappa shape index (κ1) is 17.7. The molecule has 0 spiro atoms. The number of nitrogens with zero attached hydrogens (tertiary/aromatic N) is 1. The first-order valence-corrected chi connectivity index (χ1v) is 8.17. The van der Waals surface area contributed by atoms with E-state index < -0.39 is 5.91 Å². The summed E-state index contributed by atoms with van der Waals surface area (Å²) in [5.41, 5.74) is 1.65. The maximum absolute atomic E-state index is 12.5. The van der Waals surface area contributed by atoms with Crippen molar-refractivity contribution in [3.8, 4) is 5.75 Å². The fraction of sp³-hybridized carbons (Fsp3) is 0.105. The van der Waals surface area contributed by atoms with Crippen LogP contribution < -0.4 is 15.4 Å². The highest BCUT2D eigenvalue weighted by Gasteiger charge is 2.13. The van der Waals surface area contributed by atoms with Gasteiger partial charge in [-0.1, -0.05) is 17.7 Å². The molecule has 2 amide bonds. The maximum atomic E-state index is 12.5. The Kier molecular flexibility index (Phi) is 5.04. The predicted molar refractivity (Wildman–Crippen MR) is 101 cm³/mol. The van der Waals surface area contributed by atoms with Gasteiger partial charge >= 0.3 is 0 Å². The van der Waals surface area contributed by atoms with Gasteiger partial charge < -0.3 is 15.4 Å². The van der Waals surface area contributed by atoms with Gasteiger partial charge in [-0.2, -0.15) is 0 Å². The largest absolute Gasteiger partial charge is 0.497 e. The second-order valence-electron chi connectivity index (χ2n) is 5.48. The van der Waals surface area contributed by atoms with Crippen LogP contribution >= 0.6 is 11.6 Å². The van der Waals surface area contributed by atoms with Gasteiger partial charge in [0.15, 0.2) is 0 Å². The van der Waals surface area contributed by atoms with Crippen LogP contribution in [0.2, 0.25) is 5.02 Å². The van der Waals surface area contributed by atoms with Crippen molar-refractivity contribution in [3.63, 3.8) is 0 Å². The minimum absolute atomic E-state index is 0.240. The molecule has 0 aliphatic heterocycles. The van der Waals surface area contributed by atoms with Crippen LogP contribution in [-0.4, -0.2) is 31.0 Å². The van der Waals surface area contributed by atoms with Gasteiger partial charge in [-0.15, -0.1) is 0 Å². The maximum Gasteiger partial charge on any atom is 0.274 e. The van der Waals surface area contributed by atoms with Gasteiger partial charge in [0.05, 0.1) is 23.3 Å². The second kappa shape index (κ2) is 7.41. The summed E-state index contributed by atoms with van der Waals surface area (Å²) in [6, 6.07) is 13.5. The summed E-state index contributed by atoms with van der Waals surface area (Å²) in [5.74, 6) is 0.0305. The lowest BCUT2D eigenvalue weighted by Gasteiger charge is -2.09. The zero-order chi connectivity index (χ0) is 18.7. The van der Waals surface area contributed by atoms with Crippen molar-refractivity contribution >= 4 is 40.0 Å². The Morgan fingerprint density at radius 3 is 2.58 bits per heavy atom. The van der Waals surface area contributed by atoms with E-state index in [0.717, 1.165) is 5.39 Å². The molecule has 2 aromatic carbocycles. The van der Waals surface area contributed by atoms with E-state index in [1.807, 2.05) is 6.07 Å². The van der Waals surface area contributed by atoms with Crippen molar-refractivity contribution in [2.24, 2.45) is 0 Å². The summed E-state index contributed by atoms with van der Waals surface area (Å²) in [6.45, 7) is 0. The molecule has 132 valence electrons. The SMILES string of the molecule is CNC(=O)c1ccc(Cl)c(NC(=O)c2ccc3cc(OC)ccc3n2)c1. The van der Waals surface area contributed by atoms with E-state index in [9.17, 15) is 9.59 Å². The van der Waals surface area contributed by atoms with Crippen LogP contribution in [0.1, 0.15) is 20.8 Å². The first-order valence-electron chi connectivity index (χ1n) is 7.79. The van der Waals surface area contributed by atoms with Crippen LogP contribution in [0.3, 0.4) is 0 Å². The number of methoxy groups -OCH3 is 1. The van der Waals surface area contributed by atoms with Crippen molar-refractivity contribution in [3.05, 3.63) is 64.8 Å². The van der Waals surface area contributed by atoms with Gasteiger partial charge in [0.2, 0.25) is 0 Å². The monoisotopic (exact) mass is 369 g/mol. The number of hydrogen-bond donors (Lipinski definition) is 2. The minimum atomic E-state index is -0.418. The standard InChI is InChI=1S/C19H16ClN3O3/c1-21-18(24)12-3-6-14(20)17(10-12)23-19(25)16-7-4-11-9-13(26-2)5-8-15(11)22-16/h3-10H,1-2H3,(H,21,24)(H,23,25). The van der Waals surface area contributed by atoms with E-state index in [2.05, 4.69) is 15.6 Å². The fourth-order valence-corrected chi connectivity index (χ4v) is 2.61. The number of halogens is 1. The van der Waals surface area contributed by atoms with Crippen LogP contribution in [0.4, 0.5) is 5.69 Å². The molecule has 0 radical (unpaired) electrons. The number of rotatable bonds is 4. The van der Waals surface area contributed by atoms with Gasteiger partial charge in [-0.3, -0.25) is 9.59 Å². The Hall–Kier alpha value is -3.12. The molecule has 3 rings (SSSR count). The van der Waals surface area contributed by atoms with E-state index in [0.29, 0.717) is 27.5 Å². The molecule has 0 fully saturated rings. The topological polar surface area (TPSA) is 80.3 Å². The van der Waals surface area contributed by atoms with E-state index in [-0.39, 0.29) is 11.6 Å². The molecular weight excluding hydrogens is 354 g/mol. The van der Waals surface area contributed by atoms with Crippen LogP contribution in [0.25, 0.3) is 10.9 Å². The number of ether oxygens (including phenoxy) is 1. The fourth-order valence-electron chi connectivity index (χ4n) is 2.45. The molecule has 3 aromatic rings. The summed E-state index contributed by atoms with van der Waals surface area (Å²) in [6.07, 6.45) is 0. The molecule has 0 atom stereocenters. The molecule has 1 heterocycles. The van der Waals surface area contributed by atoms with E-state index in [4.69, 9.17) is 16.3 Å². The number of nitrogens with one attached hydrogen (secondary N) is 2. The number of aromatic nitrogens is 1. The third kappa shape index (κ3) is 3.60. The van der Waals surface area contributed by atoms with Crippen molar-refractivity contribution < 1.29 is 14.3 Å². The van der Waals surface area contributed by atoms with Gasteiger partial charge in [0, 0.05) is 18.0 Å². The van der Waals surface area contributed by atoms with Gasteiger partial charge in [-0.25, -0.2) is 4.98 Å². The molecule has 0 bridgehead atoms. The number of fused-ring (bicyclic) bond motifs is 1. The zero-order valence-electron chi connectivity index (χ0n) is 14.2. The van der Waals surface area contributed by atoms with Gasteiger partial charge in [0.1, 0.15) is 11.4 Å². The van der Waals surface area contributed by atoms with Crippen molar-refractivity contribution in [1.82, 2.24) is 10.3 Å². The molecule has 7 heteroatoms. The molecule has 2 N–H and O–H groups in total. The van der Waals surface area contributed by atoms with Crippen LogP contribution in [0, 0.1) is 0 Å². The first-order chi connectivity index (χ1) is 12.5. The van der Waals surface area contributed by atoms with Crippen LogP contribution in [-0.2, 0) is 0 Å². The molecule has 0 unspecified atom stereocenters. The lowest BCUT2D eigenvalue weighted by molar-refractivity contribution is 0.0961. The highest BCUT2D eigenvalue weighted by molar-refractivity contribution is 6.34. The van der Waals surface area contributed by atoms with Crippen molar-refractivity contribution in [2.75, 3.05) is 19.5 Å². The van der Waals surface area contributed by atoms with Crippen molar-refractivity contribution in [2.45, 2.75) is 0 Å². The number of carbonyl (C=O) groups is 2. The Morgan fingerprint density at radius 1 is 1.04 bits per heavy atom. The second-order valence-corrected chi connectivity index (χ2v) is 5.89. The Morgan fingerprint density at radius 2 is 1.85 bits per heavy atom. The smallest absolute Gasteiger partial charge is 0.274 e. The Bertz CT molecular complexity index is 1000. The number of carbonyl (C=O) groups excluding carboxylic acids is 2. The van der Waals surface area contributed by atoms with Crippen LogP contribution in [0.15, 0.2) is 48.5 Å². The molecule has 6 nitrogen and oxygen atoms in total. The highest BCUT2D eigenvalue weighted by atomic mass is 35.5. The molecule has 0 aliphatic carbocycles. The van der Waals surface area contributed by atoms with E-state index >= 15 is 0 Å². The third-order valence-corrected chi connectivity index (χ3v) is 4.16. The summed E-state index contributed by atoms with van der Waals surface area (Å²) in [4.78, 5) is 28.6. The molecular formula is C19H16ClN3O3. The van der Waals surface area contributed by atoms with Crippen molar-refractivity contribution in [1.29, 1.82) is 0 Å². The number of hydrogen-bond acceptors (Lipinski definition) is 4. The highest BCUT2D eigenvalue weighted by Crippen LogP contribution is 2.24. The van der Waals surface area contributed by atoms with Gasteiger partial charge in [-0.05, 0) is 42.5 Å². The summed E-state index contributed by atoms with van der Waals surface area (Å²) in [5, 5.41) is 6.41. The number of amides is 2. The average molecular weight is 370 g/mol. The number of pyridine rings is 1. The number of anilines is 1. The summed E-state index contributed by atoms with van der Waals surface area (Å²) in [7, 11) is 3.12. The lowest BCUT2D eigenvalue weighted by atomic mass is 10.1. The molecule has 0 saturated carbocycles. The Balaban J connectivity index is 1.88. The molecule has 26 heavy (non-hydrogen) atoms. The normalized spacial score (nSPS) is 10.4. The Labute approximate surface area is 155 Å². The van der Waals surface area contributed by atoms with Gasteiger partial charge in [0.25, 0.3) is 11.8 Å². The average Bonchev–Trinajstić information content (AvgIpc) is 2.68. The lowest BCUT2D eigenvalue weighted by Crippen LogP contribution is -2.19. The van der Waals surface area contributed by atoms with Crippen LogP contribution in [0.5, 0.6) is 5.75 Å². The van der Waals surface area contributed by atoms with E-state index in [1.165, 1.54) is 13.1 Å².